The van der Waals surface area contributed by atoms with Crippen molar-refractivity contribution in [2.24, 2.45) is 0 Å². The number of aliphatic hydroxyl groups is 3. The average molecular weight is 331 g/mol. The van der Waals surface area contributed by atoms with Crippen LogP contribution < -0.4 is 0 Å². The lowest BCUT2D eigenvalue weighted by Crippen LogP contribution is -2.71. The first-order valence-electron chi connectivity index (χ1n) is 6.96. The van der Waals surface area contributed by atoms with Crippen LogP contribution >= 0.6 is 15.9 Å². The number of hydrogen-bond acceptors (Lipinski definition) is 4. The average Bonchev–Trinajstić information content (AvgIpc) is 2.73. The highest BCUT2D eigenvalue weighted by atomic mass is 79.9. The highest BCUT2D eigenvalue weighted by Crippen LogP contribution is 2.64. The maximum Gasteiger partial charge on any atom is 0.101 e. The Morgan fingerprint density at radius 2 is 1.58 bits per heavy atom. The second-order valence-electron chi connectivity index (χ2n) is 6.90. The van der Waals surface area contributed by atoms with Gasteiger partial charge in [-0.1, -0.05) is 28.1 Å². The molecule has 3 fully saturated rings. The van der Waals surface area contributed by atoms with Crippen LogP contribution in [0.2, 0.25) is 0 Å². The number of hydrogen-bond donors (Lipinski definition) is 3. The molecule has 1 spiro atoms. The first kappa shape index (κ1) is 12.8. The predicted molar refractivity (Wildman–Crippen MR) is 72.0 cm³/mol. The molecular weight excluding hydrogens is 312 g/mol. The zero-order valence-electron chi connectivity index (χ0n) is 10.7. The summed E-state index contributed by atoms with van der Waals surface area (Å²) < 4.78 is 6.05. The topological polar surface area (TPSA) is 69.9 Å². The number of fused-ring (bicyclic) bond motifs is 2. The summed E-state index contributed by atoms with van der Waals surface area (Å²) in [5, 5.41) is 32.7. The van der Waals surface area contributed by atoms with Crippen LogP contribution in [0.3, 0.4) is 0 Å². The maximum absolute atomic E-state index is 11.0. The van der Waals surface area contributed by atoms with Crippen molar-refractivity contribution in [1.82, 2.24) is 0 Å². The van der Waals surface area contributed by atoms with Crippen molar-refractivity contribution in [2.45, 2.75) is 71.9 Å². The summed E-state index contributed by atoms with van der Waals surface area (Å²) in [4.78, 5) is 0.238. The van der Waals surface area contributed by atoms with E-state index in [-0.39, 0.29) is 17.4 Å². The second kappa shape index (κ2) is 3.45. The Labute approximate surface area is 120 Å². The molecule has 2 bridgehead atoms. The Hall–Kier alpha value is 0.0600. The number of alkyl halides is 1. The summed E-state index contributed by atoms with van der Waals surface area (Å²) in [6.07, 6.45) is 6.42. The molecule has 4 rings (SSSR count). The van der Waals surface area contributed by atoms with Crippen molar-refractivity contribution in [3.63, 3.8) is 0 Å². The second-order valence-corrected chi connectivity index (χ2v) is 8.08. The molecule has 4 nitrogen and oxygen atoms in total. The molecular formula is C14H19BrO4. The summed E-state index contributed by atoms with van der Waals surface area (Å²) in [7, 11) is 0. The van der Waals surface area contributed by atoms with Gasteiger partial charge in [-0.3, -0.25) is 0 Å². The summed E-state index contributed by atoms with van der Waals surface area (Å²) in [6, 6.07) is 0. The molecule has 2 heterocycles. The van der Waals surface area contributed by atoms with Crippen LogP contribution in [0, 0.1) is 0 Å². The van der Waals surface area contributed by atoms with E-state index >= 15 is 0 Å². The van der Waals surface area contributed by atoms with Crippen molar-refractivity contribution in [2.75, 3.05) is 0 Å². The van der Waals surface area contributed by atoms with Crippen LogP contribution in [0.25, 0.3) is 0 Å². The van der Waals surface area contributed by atoms with Gasteiger partial charge in [-0.05, 0) is 19.3 Å². The van der Waals surface area contributed by atoms with Gasteiger partial charge in [-0.25, -0.2) is 0 Å². The van der Waals surface area contributed by atoms with Crippen LogP contribution in [-0.2, 0) is 4.74 Å². The highest BCUT2D eigenvalue weighted by molar-refractivity contribution is 9.09. The van der Waals surface area contributed by atoms with Crippen LogP contribution in [0.15, 0.2) is 12.2 Å². The molecule has 0 amide bonds. The Morgan fingerprint density at radius 3 is 2.21 bits per heavy atom. The quantitative estimate of drug-likeness (QED) is 0.458. The van der Waals surface area contributed by atoms with Gasteiger partial charge in [0.15, 0.2) is 0 Å². The van der Waals surface area contributed by atoms with Crippen molar-refractivity contribution in [1.29, 1.82) is 0 Å². The third kappa shape index (κ3) is 1.38. The Balaban J connectivity index is 1.79. The summed E-state index contributed by atoms with van der Waals surface area (Å²) in [6.45, 7) is 0. The fraction of sp³-hybridized carbons (Fsp3) is 0.857. The molecule has 2 saturated heterocycles. The van der Waals surface area contributed by atoms with Crippen LogP contribution in [0.5, 0.6) is 0 Å². The highest BCUT2D eigenvalue weighted by Gasteiger charge is 2.74. The Kier molecular flexibility index (Phi) is 2.32. The van der Waals surface area contributed by atoms with E-state index in [1.54, 1.807) is 0 Å². The normalized spacial score (nSPS) is 62.9. The largest absolute Gasteiger partial charge is 0.387 e. The molecule has 106 valence electrons. The van der Waals surface area contributed by atoms with Gasteiger partial charge < -0.3 is 20.1 Å². The first-order valence-corrected chi connectivity index (χ1v) is 7.87. The van der Waals surface area contributed by atoms with E-state index in [0.717, 1.165) is 0 Å². The molecule has 0 radical (unpaired) electrons. The predicted octanol–water partition coefficient (Wildman–Crippen LogP) is 1.02. The molecule has 2 aliphatic carbocycles. The van der Waals surface area contributed by atoms with Gasteiger partial charge in [0.2, 0.25) is 0 Å². The van der Waals surface area contributed by atoms with Gasteiger partial charge >= 0.3 is 0 Å². The van der Waals surface area contributed by atoms with E-state index < -0.39 is 22.4 Å². The van der Waals surface area contributed by atoms with Gasteiger partial charge in [0.1, 0.15) is 5.60 Å². The van der Waals surface area contributed by atoms with Gasteiger partial charge in [0.25, 0.3) is 0 Å². The zero-order valence-corrected chi connectivity index (χ0v) is 12.3. The lowest BCUT2D eigenvalue weighted by atomic mass is 9.53. The van der Waals surface area contributed by atoms with Gasteiger partial charge in [0, 0.05) is 24.1 Å². The van der Waals surface area contributed by atoms with E-state index in [1.165, 1.54) is 0 Å². The smallest absolute Gasteiger partial charge is 0.101 e. The molecule has 6 atom stereocenters. The van der Waals surface area contributed by atoms with E-state index in [9.17, 15) is 15.3 Å². The molecule has 4 aliphatic rings. The van der Waals surface area contributed by atoms with E-state index in [0.29, 0.717) is 32.1 Å². The Morgan fingerprint density at radius 1 is 0.947 bits per heavy atom. The molecule has 2 aliphatic heterocycles. The third-order valence-electron chi connectivity index (χ3n) is 5.80. The zero-order chi connectivity index (χ0) is 13.5. The molecule has 0 unspecified atom stereocenters. The lowest BCUT2D eigenvalue weighted by Gasteiger charge is -2.59. The first-order chi connectivity index (χ1) is 8.82. The maximum atomic E-state index is 11.0. The van der Waals surface area contributed by atoms with Crippen LogP contribution in [-0.4, -0.2) is 48.7 Å². The van der Waals surface area contributed by atoms with Crippen molar-refractivity contribution in [3.8, 4) is 0 Å². The summed E-state index contributed by atoms with van der Waals surface area (Å²) in [5.74, 6) is 0. The number of rotatable bonds is 0. The van der Waals surface area contributed by atoms with Crippen molar-refractivity contribution >= 4 is 15.9 Å². The van der Waals surface area contributed by atoms with Crippen LogP contribution in [0.1, 0.15) is 38.5 Å². The molecule has 0 aromatic carbocycles. The summed E-state index contributed by atoms with van der Waals surface area (Å²) in [5.41, 5.74) is -4.11. The molecule has 5 heteroatoms. The lowest BCUT2D eigenvalue weighted by molar-refractivity contribution is -0.269. The fourth-order valence-electron chi connectivity index (χ4n) is 4.72. The minimum atomic E-state index is -1.22. The number of halogens is 1. The van der Waals surface area contributed by atoms with Gasteiger partial charge in [-0.2, -0.15) is 0 Å². The molecule has 0 aromatic rings. The van der Waals surface area contributed by atoms with Crippen molar-refractivity contribution in [3.05, 3.63) is 12.2 Å². The monoisotopic (exact) mass is 330 g/mol. The standard InChI is InChI=1S/C14H19BrO4/c15-9-5-14-8-12(17)4-2-1-3-11(12,16)7-13(14,18)6-10(9)19-14/h1-2,9-10,16-18H,3-8H2/t9-,10+,11+,12+,13-,14-/m0/s1. The molecule has 19 heavy (non-hydrogen) atoms. The SMILES string of the molecule is O[C@@]12CC=CC[C@@]1(O)C[C@@]13C[C@H](Br)[C@@H](C[C@]1(O)C2)O3. The van der Waals surface area contributed by atoms with E-state index in [1.807, 2.05) is 12.2 Å². The van der Waals surface area contributed by atoms with E-state index in [4.69, 9.17) is 4.74 Å². The minimum absolute atomic E-state index is 0.00897. The molecule has 1 saturated carbocycles. The summed E-state index contributed by atoms with van der Waals surface area (Å²) >= 11 is 3.60. The van der Waals surface area contributed by atoms with Crippen molar-refractivity contribution < 1.29 is 20.1 Å². The van der Waals surface area contributed by atoms with E-state index in [2.05, 4.69) is 15.9 Å². The fourth-order valence-corrected chi connectivity index (χ4v) is 5.54. The minimum Gasteiger partial charge on any atom is -0.387 e. The molecule has 3 N–H and O–H groups in total. The Bertz CT molecular complexity index is 462. The third-order valence-corrected chi connectivity index (χ3v) is 6.71. The van der Waals surface area contributed by atoms with Crippen LogP contribution in [0.4, 0.5) is 0 Å². The molecule has 0 aromatic heterocycles. The number of ether oxygens (including phenoxy) is 1. The van der Waals surface area contributed by atoms with Gasteiger partial charge in [0.05, 0.1) is 22.9 Å². The van der Waals surface area contributed by atoms with Gasteiger partial charge in [-0.15, -0.1) is 0 Å².